The van der Waals surface area contributed by atoms with E-state index in [4.69, 9.17) is 5.73 Å². The van der Waals surface area contributed by atoms with Crippen molar-refractivity contribution in [1.29, 1.82) is 0 Å². The molecule has 2 heterocycles. The Bertz CT molecular complexity index is 720. The van der Waals surface area contributed by atoms with E-state index in [1.807, 2.05) is 29.9 Å². The lowest BCUT2D eigenvalue weighted by Crippen LogP contribution is -2.22. The van der Waals surface area contributed by atoms with Crippen LogP contribution in [0.5, 0.6) is 0 Å². The molecule has 0 bridgehead atoms. The van der Waals surface area contributed by atoms with Crippen LogP contribution in [0.25, 0.3) is 0 Å². The second-order valence-electron chi connectivity index (χ2n) is 4.89. The summed E-state index contributed by atoms with van der Waals surface area (Å²) in [6, 6.07) is 3.70. The fourth-order valence-electron chi connectivity index (χ4n) is 1.98. The number of rotatable bonds is 6. The third kappa shape index (κ3) is 3.75. The topological polar surface area (TPSA) is 77.1 Å². The van der Waals surface area contributed by atoms with E-state index in [1.165, 1.54) is 11.3 Å². The summed E-state index contributed by atoms with van der Waals surface area (Å²) in [5.74, 6) is 0. The summed E-state index contributed by atoms with van der Waals surface area (Å²) >= 11 is 4.90. The monoisotopic (exact) mass is 391 g/mol. The molecule has 0 aliphatic carbocycles. The molecule has 0 saturated heterocycles. The highest BCUT2D eigenvalue weighted by atomic mass is 79.9. The van der Waals surface area contributed by atoms with Crippen LogP contribution in [-0.4, -0.2) is 13.0 Å². The van der Waals surface area contributed by atoms with Crippen LogP contribution in [0.15, 0.2) is 33.1 Å². The summed E-state index contributed by atoms with van der Waals surface area (Å²) in [4.78, 5) is 1.20. The van der Waals surface area contributed by atoms with Crippen molar-refractivity contribution in [3.8, 4) is 0 Å². The van der Waals surface area contributed by atoms with E-state index in [0.29, 0.717) is 6.54 Å². The molecule has 0 aliphatic rings. The van der Waals surface area contributed by atoms with E-state index in [-0.39, 0.29) is 17.5 Å². The van der Waals surface area contributed by atoms with Crippen LogP contribution in [0.4, 0.5) is 0 Å². The van der Waals surface area contributed by atoms with Gasteiger partial charge in [-0.1, -0.05) is 0 Å². The molecule has 116 valence electrons. The lowest BCUT2D eigenvalue weighted by molar-refractivity contribution is 0.569. The maximum atomic E-state index is 12.4. The van der Waals surface area contributed by atoms with Gasteiger partial charge in [-0.15, -0.1) is 11.3 Å². The summed E-state index contributed by atoms with van der Waals surface area (Å²) in [7, 11) is -3.54. The van der Waals surface area contributed by atoms with Crippen molar-refractivity contribution >= 4 is 37.3 Å². The molecule has 0 radical (unpaired) electrons. The first-order chi connectivity index (χ1) is 9.85. The number of nitrogens with two attached hydrogens (primary N) is 1. The molecular formula is C13H18BrN3O2S2. The summed E-state index contributed by atoms with van der Waals surface area (Å²) in [5.41, 5.74) is 6.48. The van der Waals surface area contributed by atoms with Crippen molar-refractivity contribution in [2.75, 3.05) is 0 Å². The molecule has 8 heteroatoms. The zero-order valence-corrected chi connectivity index (χ0v) is 15.1. The first-order valence-corrected chi connectivity index (χ1v) is 9.63. The van der Waals surface area contributed by atoms with E-state index in [9.17, 15) is 8.42 Å². The van der Waals surface area contributed by atoms with Gasteiger partial charge in [-0.3, -0.25) is 0 Å². The van der Waals surface area contributed by atoms with Crippen molar-refractivity contribution in [1.82, 2.24) is 9.29 Å². The molecule has 0 saturated carbocycles. The molecule has 21 heavy (non-hydrogen) atoms. The molecule has 0 atom stereocenters. The molecular weight excluding hydrogens is 374 g/mol. The molecule has 5 nitrogen and oxygen atoms in total. The van der Waals surface area contributed by atoms with Crippen molar-refractivity contribution < 1.29 is 8.42 Å². The smallest absolute Gasteiger partial charge is 0.242 e. The van der Waals surface area contributed by atoms with Crippen LogP contribution in [0.3, 0.4) is 0 Å². The minimum atomic E-state index is -3.54. The number of nitrogens with one attached hydrogen (secondary N) is 1. The van der Waals surface area contributed by atoms with Gasteiger partial charge < -0.3 is 10.3 Å². The van der Waals surface area contributed by atoms with Gasteiger partial charge in [0.2, 0.25) is 10.0 Å². The molecule has 0 unspecified atom stereocenters. The zero-order valence-electron chi connectivity index (χ0n) is 11.8. The van der Waals surface area contributed by atoms with Gasteiger partial charge in [-0.25, -0.2) is 13.1 Å². The maximum Gasteiger partial charge on any atom is 0.242 e. The fraction of sp³-hybridized carbons (Fsp3) is 0.385. The van der Waals surface area contributed by atoms with Crippen molar-refractivity contribution in [3.05, 3.63) is 38.8 Å². The van der Waals surface area contributed by atoms with Crippen LogP contribution in [0, 0.1) is 0 Å². The SMILES string of the molecule is CC(C)n1cc(S(=O)(=O)NCc2sccc2Br)cc1CN. The largest absolute Gasteiger partial charge is 0.346 e. The quantitative estimate of drug-likeness (QED) is 0.794. The number of halogens is 1. The molecule has 3 N–H and O–H groups in total. The Morgan fingerprint density at radius 3 is 2.67 bits per heavy atom. The predicted octanol–water partition coefficient (Wildman–Crippen LogP) is 2.83. The van der Waals surface area contributed by atoms with Crippen LogP contribution in [0.1, 0.15) is 30.5 Å². The number of hydrogen-bond donors (Lipinski definition) is 2. The third-order valence-corrected chi connectivity index (χ3v) is 6.39. The highest BCUT2D eigenvalue weighted by Crippen LogP contribution is 2.23. The first-order valence-electron chi connectivity index (χ1n) is 6.47. The highest BCUT2D eigenvalue weighted by molar-refractivity contribution is 9.10. The van der Waals surface area contributed by atoms with Gasteiger partial charge in [0.25, 0.3) is 0 Å². The lowest BCUT2D eigenvalue weighted by atomic mass is 10.3. The van der Waals surface area contributed by atoms with Crippen molar-refractivity contribution in [2.24, 2.45) is 5.73 Å². The molecule has 0 fully saturated rings. The third-order valence-electron chi connectivity index (χ3n) is 3.10. The molecule has 0 amide bonds. The van der Waals surface area contributed by atoms with E-state index in [2.05, 4.69) is 20.7 Å². The Labute approximate surface area is 137 Å². The first kappa shape index (κ1) is 16.7. The summed E-state index contributed by atoms with van der Waals surface area (Å²) in [5, 5.41) is 1.91. The van der Waals surface area contributed by atoms with Gasteiger partial charge in [-0.2, -0.15) is 0 Å². The molecule has 2 aromatic heterocycles. The lowest BCUT2D eigenvalue weighted by Gasteiger charge is -2.10. The number of thiophene rings is 1. The Hall–Kier alpha value is -0.670. The minimum Gasteiger partial charge on any atom is -0.346 e. The number of sulfonamides is 1. The molecule has 0 aliphatic heterocycles. The molecule has 2 aromatic rings. The van der Waals surface area contributed by atoms with Gasteiger partial charge in [0.15, 0.2) is 0 Å². The van der Waals surface area contributed by atoms with Crippen LogP contribution in [-0.2, 0) is 23.1 Å². The maximum absolute atomic E-state index is 12.4. The zero-order chi connectivity index (χ0) is 15.6. The fourth-order valence-corrected chi connectivity index (χ4v) is 4.55. The number of aromatic nitrogens is 1. The summed E-state index contributed by atoms with van der Waals surface area (Å²) in [6.45, 7) is 4.56. The molecule has 2 rings (SSSR count). The average Bonchev–Trinajstić information content (AvgIpc) is 3.02. The minimum absolute atomic E-state index is 0.166. The summed E-state index contributed by atoms with van der Waals surface area (Å²) in [6.07, 6.45) is 1.64. The van der Waals surface area contributed by atoms with Crippen LogP contribution >= 0.6 is 27.3 Å². The van der Waals surface area contributed by atoms with E-state index < -0.39 is 10.0 Å². The van der Waals surface area contributed by atoms with Crippen LogP contribution in [0.2, 0.25) is 0 Å². The molecule has 0 aromatic carbocycles. The number of hydrogen-bond acceptors (Lipinski definition) is 4. The Morgan fingerprint density at radius 1 is 1.48 bits per heavy atom. The number of nitrogens with zero attached hydrogens (tertiary/aromatic N) is 1. The van der Waals surface area contributed by atoms with E-state index >= 15 is 0 Å². The predicted molar refractivity (Wildman–Crippen MR) is 88.8 cm³/mol. The van der Waals surface area contributed by atoms with Gasteiger partial charge in [0.1, 0.15) is 0 Å². The van der Waals surface area contributed by atoms with Crippen LogP contribution < -0.4 is 10.5 Å². The Kier molecular flexibility index (Phi) is 5.26. The van der Waals surface area contributed by atoms with Crippen molar-refractivity contribution in [3.63, 3.8) is 0 Å². The normalized spacial score (nSPS) is 12.2. The van der Waals surface area contributed by atoms with E-state index in [1.54, 1.807) is 12.3 Å². The van der Waals surface area contributed by atoms with E-state index in [0.717, 1.165) is 15.0 Å². The Morgan fingerprint density at radius 2 is 2.19 bits per heavy atom. The van der Waals surface area contributed by atoms with Gasteiger partial charge >= 0.3 is 0 Å². The van der Waals surface area contributed by atoms with Gasteiger partial charge in [0, 0.05) is 40.4 Å². The average molecular weight is 392 g/mol. The van der Waals surface area contributed by atoms with Gasteiger partial charge in [-0.05, 0) is 47.3 Å². The van der Waals surface area contributed by atoms with Gasteiger partial charge in [0.05, 0.1) is 4.90 Å². The molecule has 0 spiro atoms. The highest BCUT2D eigenvalue weighted by Gasteiger charge is 2.19. The summed E-state index contributed by atoms with van der Waals surface area (Å²) < 4.78 is 30.2. The second kappa shape index (κ2) is 6.62. The van der Waals surface area contributed by atoms with Crippen molar-refractivity contribution in [2.45, 2.75) is 37.9 Å². The standard InChI is InChI=1S/C13H18BrN3O2S2/c1-9(2)17-8-11(5-10(17)6-15)21(18,19)16-7-13-12(14)3-4-20-13/h3-5,8-9,16H,6-7,15H2,1-2H3. The second-order valence-corrected chi connectivity index (χ2v) is 8.51. The Balaban J connectivity index is 2.21.